The third-order valence-electron chi connectivity index (χ3n) is 2.24. The van der Waals surface area contributed by atoms with E-state index in [1.54, 1.807) is 0 Å². The van der Waals surface area contributed by atoms with Crippen LogP contribution in [0.15, 0.2) is 21.5 Å². The predicted octanol–water partition coefficient (Wildman–Crippen LogP) is 0.388. The summed E-state index contributed by atoms with van der Waals surface area (Å²) in [5, 5.41) is 7.43. The molecule has 0 saturated carbocycles. The van der Waals surface area contributed by atoms with E-state index in [0.29, 0.717) is 5.56 Å². The summed E-state index contributed by atoms with van der Waals surface area (Å²) in [5.74, 6) is -1.37. The van der Waals surface area contributed by atoms with E-state index in [1.165, 1.54) is 19.1 Å². The van der Waals surface area contributed by atoms with E-state index in [2.05, 4.69) is 21.2 Å². The van der Waals surface area contributed by atoms with Crippen LogP contribution in [0, 0.1) is 6.92 Å². The van der Waals surface area contributed by atoms with E-state index >= 15 is 0 Å². The van der Waals surface area contributed by atoms with Gasteiger partial charge >= 0.3 is 0 Å². The standard InChI is InChI=1S/C10H13BrN2O5S2/c1-6-3-8(13-10(14)5-19(2,15)16)7(11)4-9(6)20(12,17)18/h3-4H,5H2,1-2H3,(H,13,14)(H2,12,17,18). The maximum Gasteiger partial charge on any atom is 0.239 e. The highest BCUT2D eigenvalue weighted by Gasteiger charge is 2.17. The lowest BCUT2D eigenvalue weighted by molar-refractivity contribution is -0.113. The second-order valence-corrected chi connectivity index (χ2v) is 8.79. The number of rotatable bonds is 4. The molecule has 0 radical (unpaired) electrons. The number of hydrogen-bond acceptors (Lipinski definition) is 5. The third-order valence-corrected chi connectivity index (χ3v) is 4.73. The molecule has 0 saturated heterocycles. The molecule has 10 heteroatoms. The number of nitrogens with one attached hydrogen (secondary N) is 1. The molecule has 7 nitrogen and oxygen atoms in total. The fourth-order valence-electron chi connectivity index (χ4n) is 1.49. The number of halogens is 1. The molecule has 1 aromatic carbocycles. The van der Waals surface area contributed by atoms with E-state index in [0.717, 1.165) is 6.26 Å². The van der Waals surface area contributed by atoms with Gasteiger partial charge in [-0.05, 0) is 40.5 Å². The van der Waals surface area contributed by atoms with Gasteiger partial charge in [0.15, 0.2) is 9.84 Å². The Morgan fingerprint density at radius 1 is 1.30 bits per heavy atom. The predicted molar refractivity (Wildman–Crippen MR) is 78.6 cm³/mol. The summed E-state index contributed by atoms with van der Waals surface area (Å²) >= 11 is 3.10. The van der Waals surface area contributed by atoms with Crippen LogP contribution >= 0.6 is 15.9 Å². The summed E-state index contributed by atoms with van der Waals surface area (Å²) in [4.78, 5) is 11.4. The number of benzene rings is 1. The largest absolute Gasteiger partial charge is 0.324 e. The monoisotopic (exact) mass is 384 g/mol. The molecule has 0 bridgehead atoms. The zero-order valence-corrected chi connectivity index (χ0v) is 13.9. The Balaban J connectivity index is 3.11. The van der Waals surface area contributed by atoms with Gasteiger partial charge in [0.2, 0.25) is 15.9 Å². The molecule has 0 aliphatic carbocycles. The number of carbonyl (C=O) groups excluding carboxylic acids is 1. The molecule has 0 fully saturated rings. The highest BCUT2D eigenvalue weighted by molar-refractivity contribution is 9.10. The van der Waals surface area contributed by atoms with Crippen LogP contribution in [0.3, 0.4) is 0 Å². The maximum atomic E-state index is 11.5. The minimum Gasteiger partial charge on any atom is -0.324 e. The number of carbonyl (C=O) groups is 1. The number of sulfone groups is 1. The summed E-state index contributed by atoms with van der Waals surface area (Å²) in [6.07, 6.45) is 0.941. The average molecular weight is 385 g/mol. The van der Waals surface area contributed by atoms with Crippen LogP contribution in [0.1, 0.15) is 5.56 Å². The van der Waals surface area contributed by atoms with Gasteiger partial charge in [0.25, 0.3) is 0 Å². The van der Waals surface area contributed by atoms with E-state index < -0.39 is 31.5 Å². The highest BCUT2D eigenvalue weighted by atomic mass is 79.9. The first-order chi connectivity index (χ1) is 8.90. The molecular formula is C10H13BrN2O5S2. The van der Waals surface area contributed by atoms with Gasteiger partial charge in [-0.2, -0.15) is 0 Å². The van der Waals surface area contributed by atoms with Gasteiger partial charge in [-0.3, -0.25) is 4.79 Å². The molecular weight excluding hydrogens is 372 g/mol. The summed E-state index contributed by atoms with van der Waals surface area (Å²) in [6.45, 7) is 1.51. The number of amides is 1. The van der Waals surface area contributed by atoms with Crippen molar-refractivity contribution in [2.45, 2.75) is 11.8 Å². The van der Waals surface area contributed by atoms with Gasteiger partial charge in [0.05, 0.1) is 10.6 Å². The van der Waals surface area contributed by atoms with Crippen LogP contribution in [0.25, 0.3) is 0 Å². The number of sulfonamides is 1. The average Bonchev–Trinajstić information content (AvgIpc) is 2.18. The molecule has 3 N–H and O–H groups in total. The van der Waals surface area contributed by atoms with Crippen LogP contribution in [-0.4, -0.2) is 34.8 Å². The van der Waals surface area contributed by atoms with E-state index in [9.17, 15) is 21.6 Å². The molecule has 0 atom stereocenters. The van der Waals surface area contributed by atoms with Crippen molar-refractivity contribution in [3.05, 3.63) is 22.2 Å². The van der Waals surface area contributed by atoms with Gasteiger partial charge in [-0.15, -0.1) is 0 Å². The highest BCUT2D eigenvalue weighted by Crippen LogP contribution is 2.28. The van der Waals surface area contributed by atoms with E-state index in [-0.39, 0.29) is 15.1 Å². The van der Waals surface area contributed by atoms with Crippen molar-refractivity contribution in [2.24, 2.45) is 5.14 Å². The van der Waals surface area contributed by atoms with Crippen LogP contribution < -0.4 is 10.5 Å². The van der Waals surface area contributed by atoms with Gasteiger partial charge in [-0.1, -0.05) is 0 Å². The first-order valence-electron chi connectivity index (χ1n) is 5.20. The minimum absolute atomic E-state index is 0.0783. The van der Waals surface area contributed by atoms with Crippen molar-refractivity contribution in [3.63, 3.8) is 0 Å². The molecule has 1 rings (SSSR count). The van der Waals surface area contributed by atoms with Crippen LogP contribution in [0.4, 0.5) is 5.69 Å². The van der Waals surface area contributed by atoms with Crippen molar-refractivity contribution in [2.75, 3.05) is 17.3 Å². The molecule has 1 aromatic rings. The molecule has 20 heavy (non-hydrogen) atoms. The van der Waals surface area contributed by atoms with E-state index in [1.807, 2.05) is 0 Å². The Kier molecular flexibility index (Phi) is 4.95. The van der Waals surface area contributed by atoms with Crippen LogP contribution in [-0.2, 0) is 24.7 Å². The first kappa shape index (κ1) is 17.1. The molecule has 112 valence electrons. The topological polar surface area (TPSA) is 123 Å². The maximum absolute atomic E-state index is 11.5. The number of anilines is 1. The SMILES string of the molecule is Cc1cc(NC(=O)CS(C)(=O)=O)c(Br)cc1S(N)(=O)=O. The number of primary sulfonamides is 1. The lowest BCUT2D eigenvalue weighted by atomic mass is 10.2. The Morgan fingerprint density at radius 3 is 2.30 bits per heavy atom. The fraction of sp³-hybridized carbons (Fsp3) is 0.300. The van der Waals surface area contributed by atoms with Crippen molar-refractivity contribution in [1.82, 2.24) is 0 Å². The third kappa shape index (κ3) is 4.85. The second-order valence-electron chi connectivity index (χ2n) is 4.26. The summed E-state index contributed by atoms with van der Waals surface area (Å²) in [5.41, 5.74) is 0.605. The lowest BCUT2D eigenvalue weighted by Crippen LogP contribution is -2.22. The molecule has 0 spiro atoms. The van der Waals surface area contributed by atoms with Gasteiger partial charge in [0.1, 0.15) is 5.75 Å². The fourth-order valence-corrected chi connectivity index (χ4v) is 3.42. The number of nitrogens with two attached hydrogens (primary N) is 1. The van der Waals surface area contributed by atoms with Crippen LogP contribution in [0.2, 0.25) is 0 Å². The normalized spacial score (nSPS) is 12.2. The molecule has 0 aliphatic rings. The number of hydrogen-bond donors (Lipinski definition) is 2. The van der Waals surface area contributed by atoms with Crippen molar-refractivity contribution in [3.8, 4) is 0 Å². The zero-order chi connectivity index (χ0) is 15.7. The van der Waals surface area contributed by atoms with Crippen LogP contribution in [0.5, 0.6) is 0 Å². The van der Waals surface area contributed by atoms with Gasteiger partial charge < -0.3 is 5.32 Å². The number of aryl methyl sites for hydroxylation is 1. The van der Waals surface area contributed by atoms with Crippen molar-refractivity contribution >= 4 is 47.4 Å². The first-order valence-corrected chi connectivity index (χ1v) is 9.60. The summed E-state index contributed by atoms with van der Waals surface area (Å²) in [6, 6.07) is 2.64. The lowest BCUT2D eigenvalue weighted by Gasteiger charge is -2.11. The molecule has 0 heterocycles. The van der Waals surface area contributed by atoms with E-state index in [4.69, 9.17) is 5.14 Å². The minimum atomic E-state index is -3.87. The van der Waals surface area contributed by atoms with Crippen molar-refractivity contribution < 1.29 is 21.6 Å². The molecule has 0 unspecified atom stereocenters. The smallest absolute Gasteiger partial charge is 0.239 e. The quantitative estimate of drug-likeness (QED) is 0.776. The summed E-state index contributed by atoms with van der Waals surface area (Å²) in [7, 11) is -7.31. The van der Waals surface area contributed by atoms with Gasteiger partial charge in [-0.25, -0.2) is 22.0 Å². The van der Waals surface area contributed by atoms with Crippen molar-refractivity contribution in [1.29, 1.82) is 0 Å². The molecule has 1 amide bonds. The summed E-state index contributed by atoms with van der Waals surface area (Å²) < 4.78 is 44.9. The Morgan fingerprint density at radius 2 is 1.85 bits per heavy atom. The zero-order valence-electron chi connectivity index (χ0n) is 10.7. The Labute approximate surface area is 125 Å². The Bertz CT molecular complexity index is 756. The second kappa shape index (κ2) is 5.80. The molecule has 0 aromatic heterocycles. The molecule has 0 aliphatic heterocycles. The van der Waals surface area contributed by atoms with Gasteiger partial charge in [0, 0.05) is 10.7 Å². The Hall–Kier alpha value is -0.970.